The van der Waals surface area contributed by atoms with Crippen LogP contribution >= 0.6 is 0 Å². The van der Waals surface area contributed by atoms with E-state index in [0.717, 1.165) is 24.2 Å². The van der Waals surface area contributed by atoms with Crippen LogP contribution in [0.25, 0.3) is 0 Å². The Hall–Kier alpha value is -2.47. The van der Waals surface area contributed by atoms with Gasteiger partial charge in [0.1, 0.15) is 11.6 Å². The third-order valence-electron chi connectivity index (χ3n) is 3.74. The molecule has 0 bridgehead atoms. The van der Waals surface area contributed by atoms with E-state index in [9.17, 15) is 9.18 Å². The molecule has 1 amide bonds. The number of rotatable bonds is 4. The number of halogens is 1. The Morgan fingerprint density at radius 2 is 1.78 bits per heavy atom. The highest BCUT2D eigenvalue weighted by Gasteiger charge is 2.21. The van der Waals surface area contributed by atoms with Crippen LogP contribution in [-0.2, 0) is 9.53 Å². The van der Waals surface area contributed by atoms with E-state index < -0.39 is 0 Å². The molecule has 0 unspecified atom stereocenters. The van der Waals surface area contributed by atoms with E-state index in [1.54, 1.807) is 24.4 Å². The topological polar surface area (TPSA) is 63.2 Å². The van der Waals surface area contributed by atoms with Crippen molar-refractivity contribution in [3.05, 3.63) is 48.4 Å². The highest BCUT2D eigenvalue weighted by molar-refractivity contribution is 5.91. The summed E-state index contributed by atoms with van der Waals surface area (Å²) < 4.78 is 18.1. The van der Waals surface area contributed by atoms with Crippen LogP contribution in [0.5, 0.6) is 0 Å². The van der Waals surface area contributed by atoms with Gasteiger partial charge in [0.2, 0.25) is 5.91 Å². The summed E-state index contributed by atoms with van der Waals surface area (Å²) in [6.45, 7) is 1.26. The lowest BCUT2D eigenvalue weighted by atomic mass is 9.99. The van der Waals surface area contributed by atoms with Gasteiger partial charge in [0.15, 0.2) is 0 Å². The molecule has 0 spiro atoms. The molecule has 5 nitrogen and oxygen atoms in total. The van der Waals surface area contributed by atoms with E-state index in [-0.39, 0.29) is 17.6 Å². The number of carbonyl (C=O) groups is 1. The molecule has 2 heterocycles. The smallest absolute Gasteiger partial charge is 0.228 e. The number of aromatic nitrogens is 1. The molecule has 1 saturated heterocycles. The number of nitrogens with one attached hydrogen (secondary N) is 2. The fraction of sp³-hybridized carbons (Fsp3) is 0.294. The van der Waals surface area contributed by atoms with Crippen LogP contribution in [0.4, 0.5) is 21.6 Å². The minimum absolute atomic E-state index is 0.0115. The summed E-state index contributed by atoms with van der Waals surface area (Å²) in [4.78, 5) is 16.3. The minimum atomic E-state index is -0.278. The maximum absolute atomic E-state index is 12.9. The second kappa shape index (κ2) is 7.19. The van der Waals surface area contributed by atoms with Crippen LogP contribution in [-0.4, -0.2) is 24.1 Å². The van der Waals surface area contributed by atoms with Gasteiger partial charge in [-0.1, -0.05) is 0 Å². The molecule has 1 aliphatic rings. The first kappa shape index (κ1) is 15.4. The Balaban J connectivity index is 1.58. The number of hydrogen-bond donors (Lipinski definition) is 2. The summed E-state index contributed by atoms with van der Waals surface area (Å²) in [5, 5.41) is 5.94. The second-order valence-electron chi connectivity index (χ2n) is 5.44. The minimum Gasteiger partial charge on any atom is -0.381 e. The Bertz CT molecular complexity index is 653. The van der Waals surface area contributed by atoms with Gasteiger partial charge in [0, 0.05) is 24.8 Å². The normalized spacial score (nSPS) is 15.2. The molecule has 1 fully saturated rings. The lowest BCUT2D eigenvalue weighted by Gasteiger charge is -2.20. The fourth-order valence-corrected chi connectivity index (χ4v) is 2.43. The molecule has 0 aliphatic carbocycles. The quantitative estimate of drug-likeness (QED) is 0.908. The summed E-state index contributed by atoms with van der Waals surface area (Å²) in [5.74, 6) is 0.216. The lowest BCUT2D eigenvalue weighted by molar-refractivity contribution is -0.122. The zero-order valence-corrected chi connectivity index (χ0v) is 12.6. The fourth-order valence-electron chi connectivity index (χ4n) is 2.43. The molecule has 1 aromatic heterocycles. The molecule has 0 atom stereocenters. The number of hydrogen-bond acceptors (Lipinski definition) is 4. The van der Waals surface area contributed by atoms with E-state index in [1.165, 1.54) is 12.1 Å². The van der Waals surface area contributed by atoms with Crippen molar-refractivity contribution in [3.8, 4) is 0 Å². The second-order valence-corrected chi connectivity index (χ2v) is 5.44. The number of anilines is 3. The van der Waals surface area contributed by atoms with E-state index in [1.807, 2.05) is 6.07 Å². The van der Waals surface area contributed by atoms with Gasteiger partial charge in [0.25, 0.3) is 0 Å². The Morgan fingerprint density at radius 3 is 2.43 bits per heavy atom. The Kier molecular flexibility index (Phi) is 4.83. The zero-order chi connectivity index (χ0) is 16.1. The van der Waals surface area contributed by atoms with Crippen LogP contribution in [0.3, 0.4) is 0 Å². The van der Waals surface area contributed by atoms with Crippen LogP contribution in [0, 0.1) is 11.7 Å². The van der Waals surface area contributed by atoms with E-state index in [0.29, 0.717) is 19.0 Å². The first-order valence-electron chi connectivity index (χ1n) is 7.58. The van der Waals surface area contributed by atoms with Gasteiger partial charge >= 0.3 is 0 Å². The van der Waals surface area contributed by atoms with Gasteiger partial charge in [-0.25, -0.2) is 9.37 Å². The number of amides is 1. The molecule has 1 aromatic carbocycles. The molecule has 0 saturated carbocycles. The molecular weight excluding hydrogens is 297 g/mol. The highest BCUT2D eigenvalue weighted by atomic mass is 19.1. The van der Waals surface area contributed by atoms with Crippen LogP contribution < -0.4 is 10.6 Å². The Morgan fingerprint density at radius 1 is 1.09 bits per heavy atom. The lowest BCUT2D eigenvalue weighted by Crippen LogP contribution is -2.28. The molecular formula is C17H18FN3O2. The van der Waals surface area contributed by atoms with Gasteiger partial charge in [-0.3, -0.25) is 4.79 Å². The average Bonchev–Trinajstić information content (AvgIpc) is 2.59. The molecule has 6 heteroatoms. The van der Waals surface area contributed by atoms with Crippen molar-refractivity contribution in [2.24, 2.45) is 5.92 Å². The average molecular weight is 315 g/mol. The third kappa shape index (κ3) is 4.26. The summed E-state index contributed by atoms with van der Waals surface area (Å²) in [6.07, 6.45) is 3.12. The largest absolute Gasteiger partial charge is 0.381 e. The maximum Gasteiger partial charge on any atom is 0.228 e. The number of ether oxygens (including phenoxy) is 1. The molecule has 0 radical (unpaired) electrons. The van der Waals surface area contributed by atoms with Crippen molar-refractivity contribution < 1.29 is 13.9 Å². The van der Waals surface area contributed by atoms with Gasteiger partial charge in [-0.15, -0.1) is 0 Å². The first-order valence-corrected chi connectivity index (χ1v) is 7.58. The van der Waals surface area contributed by atoms with Crippen molar-refractivity contribution in [3.63, 3.8) is 0 Å². The SMILES string of the molecule is O=C(Nc1ccc(Nc2ccc(F)cc2)cn1)C1CCOCC1. The van der Waals surface area contributed by atoms with Crippen LogP contribution in [0.15, 0.2) is 42.6 Å². The Labute approximate surface area is 133 Å². The third-order valence-corrected chi connectivity index (χ3v) is 3.74. The first-order chi connectivity index (χ1) is 11.2. The molecule has 3 rings (SSSR count). The predicted octanol–water partition coefficient (Wildman–Crippen LogP) is 3.33. The molecule has 2 N–H and O–H groups in total. The predicted molar refractivity (Wildman–Crippen MR) is 86.1 cm³/mol. The van der Waals surface area contributed by atoms with E-state index >= 15 is 0 Å². The number of benzene rings is 1. The van der Waals surface area contributed by atoms with Crippen molar-refractivity contribution in [1.29, 1.82) is 0 Å². The molecule has 23 heavy (non-hydrogen) atoms. The van der Waals surface area contributed by atoms with Crippen molar-refractivity contribution in [2.75, 3.05) is 23.8 Å². The van der Waals surface area contributed by atoms with E-state index in [2.05, 4.69) is 15.6 Å². The van der Waals surface area contributed by atoms with Crippen molar-refractivity contribution >= 4 is 23.1 Å². The van der Waals surface area contributed by atoms with E-state index in [4.69, 9.17) is 4.74 Å². The number of pyridine rings is 1. The molecule has 1 aliphatic heterocycles. The monoisotopic (exact) mass is 315 g/mol. The van der Waals surface area contributed by atoms with Crippen molar-refractivity contribution in [1.82, 2.24) is 4.98 Å². The van der Waals surface area contributed by atoms with Gasteiger partial charge in [0.05, 0.1) is 11.9 Å². The van der Waals surface area contributed by atoms with Crippen molar-refractivity contribution in [2.45, 2.75) is 12.8 Å². The summed E-state index contributed by atoms with van der Waals surface area (Å²) in [5.41, 5.74) is 1.54. The molecule has 2 aromatic rings. The summed E-state index contributed by atoms with van der Waals surface area (Å²) in [7, 11) is 0. The maximum atomic E-state index is 12.9. The van der Waals surface area contributed by atoms with Crippen LogP contribution in [0.1, 0.15) is 12.8 Å². The number of nitrogens with zero attached hydrogens (tertiary/aromatic N) is 1. The summed E-state index contributed by atoms with van der Waals surface area (Å²) in [6, 6.07) is 9.63. The van der Waals surface area contributed by atoms with Gasteiger partial charge < -0.3 is 15.4 Å². The summed E-state index contributed by atoms with van der Waals surface area (Å²) >= 11 is 0. The highest BCUT2D eigenvalue weighted by Crippen LogP contribution is 2.19. The van der Waals surface area contributed by atoms with Crippen LogP contribution in [0.2, 0.25) is 0 Å². The molecule has 120 valence electrons. The zero-order valence-electron chi connectivity index (χ0n) is 12.6. The standard InChI is InChI=1S/C17H18FN3O2/c18-13-1-3-14(4-2-13)20-15-5-6-16(19-11-15)21-17(22)12-7-9-23-10-8-12/h1-6,11-12,20H,7-10H2,(H,19,21,22). The van der Waals surface area contributed by atoms with Gasteiger partial charge in [-0.2, -0.15) is 0 Å². The number of carbonyl (C=O) groups excluding carboxylic acids is 1. The van der Waals surface area contributed by atoms with Gasteiger partial charge in [-0.05, 0) is 49.2 Å².